The SMILES string of the molecule is O=C(Cc1ccccc1Cl)NCc1nc(-c2cc[nH]c(=O)c2)no1. The highest BCUT2D eigenvalue weighted by Gasteiger charge is 2.11. The molecular weight excluding hydrogens is 332 g/mol. The Kier molecular flexibility index (Phi) is 4.72. The lowest BCUT2D eigenvalue weighted by Gasteiger charge is -2.04. The first-order valence-electron chi connectivity index (χ1n) is 7.13. The molecule has 0 saturated heterocycles. The fourth-order valence-corrected chi connectivity index (χ4v) is 2.28. The van der Waals surface area contributed by atoms with Gasteiger partial charge in [-0.05, 0) is 17.7 Å². The second-order valence-electron chi connectivity index (χ2n) is 5.00. The molecule has 0 spiro atoms. The van der Waals surface area contributed by atoms with Gasteiger partial charge in [-0.3, -0.25) is 9.59 Å². The van der Waals surface area contributed by atoms with Crippen LogP contribution in [0.5, 0.6) is 0 Å². The molecule has 3 aromatic rings. The molecule has 0 unspecified atom stereocenters. The Labute approximate surface area is 141 Å². The zero-order valence-electron chi connectivity index (χ0n) is 12.5. The largest absolute Gasteiger partial charge is 0.347 e. The molecule has 24 heavy (non-hydrogen) atoms. The number of benzene rings is 1. The Hall–Kier alpha value is -2.93. The molecule has 2 aromatic heterocycles. The molecule has 0 aliphatic carbocycles. The second-order valence-corrected chi connectivity index (χ2v) is 5.41. The Balaban J connectivity index is 1.60. The molecule has 3 rings (SSSR count). The molecule has 2 heterocycles. The summed E-state index contributed by atoms with van der Waals surface area (Å²) in [6, 6.07) is 10.2. The lowest BCUT2D eigenvalue weighted by molar-refractivity contribution is -0.120. The topological polar surface area (TPSA) is 101 Å². The second kappa shape index (κ2) is 7.10. The number of nitrogens with zero attached hydrogens (tertiary/aromatic N) is 2. The normalized spacial score (nSPS) is 10.5. The van der Waals surface area contributed by atoms with Gasteiger partial charge in [0.1, 0.15) is 0 Å². The third-order valence-corrected chi connectivity index (χ3v) is 3.62. The van der Waals surface area contributed by atoms with Gasteiger partial charge in [0.15, 0.2) is 0 Å². The van der Waals surface area contributed by atoms with Crippen molar-refractivity contribution in [2.45, 2.75) is 13.0 Å². The average molecular weight is 345 g/mol. The van der Waals surface area contributed by atoms with E-state index in [1.807, 2.05) is 6.07 Å². The molecule has 0 aliphatic heterocycles. The molecule has 0 saturated carbocycles. The Morgan fingerprint density at radius 2 is 2.12 bits per heavy atom. The first-order valence-corrected chi connectivity index (χ1v) is 7.51. The molecule has 0 aliphatic rings. The van der Waals surface area contributed by atoms with E-state index in [9.17, 15) is 9.59 Å². The molecule has 0 bridgehead atoms. The molecule has 0 radical (unpaired) electrons. The predicted octanol–water partition coefficient (Wildman–Crippen LogP) is 1.94. The number of amides is 1. The van der Waals surface area contributed by atoms with Gasteiger partial charge in [-0.2, -0.15) is 4.98 Å². The first kappa shape index (κ1) is 15.9. The summed E-state index contributed by atoms with van der Waals surface area (Å²) in [7, 11) is 0. The number of pyridine rings is 1. The maximum atomic E-state index is 12.0. The summed E-state index contributed by atoms with van der Waals surface area (Å²) in [6.45, 7) is 0.0967. The molecular formula is C16H13ClN4O3. The van der Waals surface area contributed by atoms with Crippen LogP contribution in [0, 0.1) is 0 Å². The van der Waals surface area contributed by atoms with Crippen LogP contribution in [0.1, 0.15) is 11.5 Å². The fraction of sp³-hybridized carbons (Fsp3) is 0.125. The molecule has 0 atom stereocenters. The van der Waals surface area contributed by atoms with Crippen molar-refractivity contribution in [1.82, 2.24) is 20.4 Å². The van der Waals surface area contributed by atoms with Crippen molar-refractivity contribution in [1.29, 1.82) is 0 Å². The van der Waals surface area contributed by atoms with E-state index in [-0.39, 0.29) is 36.1 Å². The lowest BCUT2D eigenvalue weighted by Crippen LogP contribution is -2.24. The van der Waals surface area contributed by atoms with Gasteiger partial charge >= 0.3 is 0 Å². The summed E-state index contributed by atoms with van der Waals surface area (Å²) in [5.41, 5.74) is 1.02. The van der Waals surface area contributed by atoms with Crippen LogP contribution in [0.2, 0.25) is 5.02 Å². The van der Waals surface area contributed by atoms with Gasteiger partial charge in [0.05, 0.1) is 13.0 Å². The summed E-state index contributed by atoms with van der Waals surface area (Å²) in [6.07, 6.45) is 1.66. The van der Waals surface area contributed by atoms with Crippen LogP contribution in [-0.2, 0) is 17.8 Å². The van der Waals surface area contributed by atoms with Crippen LogP contribution in [-0.4, -0.2) is 21.0 Å². The molecule has 8 heteroatoms. The third-order valence-electron chi connectivity index (χ3n) is 3.25. The van der Waals surface area contributed by atoms with Crippen LogP contribution < -0.4 is 10.9 Å². The minimum atomic E-state index is -0.258. The van der Waals surface area contributed by atoms with Crippen LogP contribution in [0.25, 0.3) is 11.4 Å². The quantitative estimate of drug-likeness (QED) is 0.736. The maximum absolute atomic E-state index is 12.0. The van der Waals surface area contributed by atoms with Gasteiger partial charge in [0, 0.05) is 22.8 Å². The van der Waals surface area contributed by atoms with E-state index in [1.54, 1.807) is 24.3 Å². The Morgan fingerprint density at radius 1 is 1.29 bits per heavy atom. The van der Waals surface area contributed by atoms with E-state index in [1.165, 1.54) is 12.3 Å². The third kappa shape index (κ3) is 3.88. The molecule has 1 amide bonds. The van der Waals surface area contributed by atoms with E-state index in [2.05, 4.69) is 20.4 Å². The summed E-state index contributed by atoms with van der Waals surface area (Å²) in [5, 5.41) is 7.02. The van der Waals surface area contributed by atoms with Gasteiger partial charge < -0.3 is 14.8 Å². The van der Waals surface area contributed by atoms with Crippen molar-refractivity contribution in [2.75, 3.05) is 0 Å². The highest BCUT2D eigenvalue weighted by atomic mass is 35.5. The van der Waals surface area contributed by atoms with E-state index in [4.69, 9.17) is 16.1 Å². The molecule has 7 nitrogen and oxygen atoms in total. The highest BCUT2D eigenvalue weighted by Crippen LogP contribution is 2.15. The number of nitrogens with one attached hydrogen (secondary N) is 2. The Bertz CT molecular complexity index is 919. The van der Waals surface area contributed by atoms with E-state index in [0.29, 0.717) is 10.6 Å². The van der Waals surface area contributed by atoms with Crippen LogP contribution in [0.15, 0.2) is 51.9 Å². The number of aromatic nitrogens is 3. The van der Waals surface area contributed by atoms with E-state index >= 15 is 0 Å². The van der Waals surface area contributed by atoms with E-state index in [0.717, 1.165) is 5.56 Å². The number of carbonyl (C=O) groups excluding carboxylic acids is 1. The van der Waals surface area contributed by atoms with Gasteiger partial charge in [-0.25, -0.2) is 0 Å². The van der Waals surface area contributed by atoms with Gasteiger partial charge in [-0.15, -0.1) is 0 Å². The average Bonchev–Trinajstić information content (AvgIpc) is 3.04. The van der Waals surface area contributed by atoms with Gasteiger partial charge in [-0.1, -0.05) is 35.0 Å². The monoisotopic (exact) mass is 344 g/mol. The number of carbonyl (C=O) groups is 1. The summed E-state index contributed by atoms with van der Waals surface area (Å²) < 4.78 is 5.07. The molecule has 122 valence electrons. The number of rotatable bonds is 5. The van der Waals surface area contributed by atoms with E-state index < -0.39 is 0 Å². The van der Waals surface area contributed by atoms with Crippen molar-refractivity contribution in [3.8, 4) is 11.4 Å². The van der Waals surface area contributed by atoms with Crippen molar-refractivity contribution in [3.63, 3.8) is 0 Å². The zero-order valence-corrected chi connectivity index (χ0v) is 13.2. The van der Waals surface area contributed by atoms with Gasteiger partial charge in [0.2, 0.25) is 23.2 Å². The molecule has 1 aromatic carbocycles. The van der Waals surface area contributed by atoms with Crippen molar-refractivity contribution in [3.05, 3.63) is 69.4 Å². The number of H-pyrrole nitrogens is 1. The minimum Gasteiger partial charge on any atom is -0.347 e. The van der Waals surface area contributed by atoms with Gasteiger partial charge in [0.25, 0.3) is 0 Å². The highest BCUT2D eigenvalue weighted by molar-refractivity contribution is 6.31. The summed E-state index contributed by atoms with van der Waals surface area (Å²) in [5.74, 6) is 0.327. The molecule has 2 N–H and O–H groups in total. The van der Waals surface area contributed by atoms with Crippen LogP contribution in [0.4, 0.5) is 0 Å². The Morgan fingerprint density at radius 3 is 2.92 bits per heavy atom. The molecule has 0 fully saturated rings. The summed E-state index contributed by atoms with van der Waals surface area (Å²) in [4.78, 5) is 29.9. The standard InChI is InChI=1S/C16H13ClN4O3/c17-12-4-2-1-3-10(12)7-14(23)19-9-15-20-16(21-24-15)11-5-6-18-13(22)8-11/h1-6,8H,7,9H2,(H,18,22)(H,19,23). The minimum absolute atomic E-state index is 0.0967. The fourth-order valence-electron chi connectivity index (χ4n) is 2.08. The van der Waals surface area contributed by atoms with Crippen LogP contribution >= 0.6 is 11.6 Å². The predicted molar refractivity (Wildman–Crippen MR) is 87.4 cm³/mol. The van der Waals surface area contributed by atoms with Crippen molar-refractivity contribution >= 4 is 17.5 Å². The zero-order chi connectivity index (χ0) is 16.9. The lowest BCUT2D eigenvalue weighted by atomic mass is 10.1. The maximum Gasteiger partial charge on any atom is 0.248 e. The first-order chi connectivity index (χ1) is 11.6. The van der Waals surface area contributed by atoms with Crippen LogP contribution in [0.3, 0.4) is 0 Å². The summed E-state index contributed by atoms with van der Waals surface area (Å²) >= 11 is 6.02. The number of hydrogen-bond acceptors (Lipinski definition) is 5. The number of aromatic amines is 1. The van der Waals surface area contributed by atoms with Crippen molar-refractivity contribution in [2.24, 2.45) is 0 Å². The van der Waals surface area contributed by atoms with Crippen molar-refractivity contribution < 1.29 is 9.32 Å². The number of hydrogen-bond donors (Lipinski definition) is 2. The number of halogens is 1. The smallest absolute Gasteiger partial charge is 0.248 e.